The molecule has 0 aromatic carbocycles. The Hall–Kier alpha value is -0.710. The molecule has 0 amide bonds. The first-order valence-electron chi connectivity index (χ1n) is 3.65. The lowest BCUT2D eigenvalue weighted by molar-refractivity contribution is 1.26. The zero-order chi connectivity index (χ0) is 8.55. The summed E-state index contributed by atoms with van der Waals surface area (Å²) in [4.78, 5) is 8.62. The van der Waals surface area contributed by atoms with Gasteiger partial charge in [0.2, 0.25) is 0 Å². The third-order valence-electron chi connectivity index (χ3n) is 1.72. The third-order valence-corrected chi connectivity index (χ3v) is 2.28. The van der Waals surface area contributed by atoms with Gasteiger partial charge >= 0.3 is 0 Å². The standard InChI is InChI=1S/C9H7IN2/c1-6-5-8(10)12-7-3-2-4-11-9(6)7/h2-5H,1H3. The van der Waals surface area contributed by atoms with E-state index in [4.69, 9.17) is 0 Å². The first-order chi connectivity index (χ1) is 5.77. The van der Waals surface area contributed by atoms with E-state index in [0.29, 0.717) is 0 Å². The summed E-state index contributed by atoms with van der Waals surface area (Å²) in [6, 6.07) is 5.93. The normalized spacial score (nSPS) is 10.5. The molecule has 0 saturated heterocycles. The van der Waals surface area contributed by atoms with Gasteiger partial charge in [-0.15, -0.1) is 0 Å². The number of hydrogen-bond acceptors (Lipinski definition) is 2. The predicted octanol–water partition coefficient (Wildman–Crippen LogP) is 2.54. The Bertz CT molecular complexity index is 426. The summed E-state index contributed by atoms with van der Waals surface area (Å²) in [5.74, 6) is 0. The smallest absolute Gasteiger partial charge is 0.102 e. The summed E-state index contributed by atoms with van der Waals surface area (Å²) in [7, 11) is 0. The molecule has 2 aromatic heterocycles. The molecular formula is C9H7IN2. The van der Waals surface area contributed by atoms with Crippen LogP contribution in [0.1, 0.15) is 5.56 Å². The van der Waals surface area contributed by atoms with Crippen molar-refractivity contribution in [3.05, 3.63) is 33.7 Å². The average molecular weight is 270 g/mol. The van der Waals surface area contributed by atoms with Crippen molar-refractivity contribution in [3.63, 3.8) is 0 Å². The number of aryl methyl sites for hydroxylation is 1. The molecule has 60 valence electrons. The van der Waals surface area contributed by atoms with Gasteiger partial charge in [-0.2, -0.15) is 0 Å². The van der Waals surface area contributed by atoms with Gasteiger partial charge in [0.25, 0.3) is 0 Å². The lowest BCUT2D eigenvalue weighted by atomic mass is 10.2. The molecule has 0 aliphatic heterocycles. The molecule has 0 atom stereocenters. The van der Waals surface area contributed by atoms with Crippen LogP contribution in [0.3, 0.4) is 0 Å². The van der Waals surface area contributed by atoms with E-state index in [1.165, 1.54) is 5.56 Å². The van der Waals surface area contributed by atoms with Crippen molar-refractivity contribution in [2.75, 3.05) is 0 Å². The number of rotatable bonds is 0. The first kappa shape index (κ1) is 7.91. The van der Waals surface area contributed by atoms with E-state index in [0.717, 1.165) is 14.7 Å². The molecule has 0 bridgehead atoms. The maximum Gasteiger partial charge on any atom is 0.102 e. The highest BCUT2D eigenvalue weighted by Gasteiger charge is 1.99. The fourth-order valence-electron chi connectivity index (χ4n) is 1.19. The van der Waals surface area contributed by atoms with Crippen LogP contribution >= 0.6 is 22.6 Å². The van der Waals surface area contributed by atoms with Gasteiger partial charge in [0.15, 0.2) is 0 Å². The Balaban J connectivity index is 2.89. The third kappa shape index (κ3) is 1.29. The fourth-order valence-corrected chi connectivity index (χ4v) is 1.91. The van der Waals surface area contributed by atoms with Crippen molar-refractivity contribution in [1.29, 1.82) is 0 Å². The molecule has 0 unspecified atom stereocenters. The van der Waals surface area contributed by atoms with Crippen LogP contribution in [0.5, 0.6) is 0 Å². The summed E-state index contributed by atoms with van der Waals surface area (Å²) in [5, 5.41) is 0. The molecule has 0 aliphatic carbocycles. The molecule has 2 heterocycles. The Labute approximate surface area is 84.2 Å². The molecule has 12 heavy (non-hydrogen) atoms. The maximum atomic E-state index is 4.36. The minimum absolute atomic E-state index is 0.974. The van der Waals surface area contributed by atoms with Gasteiger partial charge in [0, 0.05) is 6.20 Å². The minimum atomic E-state index is 0.974. The van der Waals surface area contributed by atoms with Crippen molar-refractivity contribution in [2.24, 2.45) is 0 Å². The van der Waals surface area contributed by atoms with Crippen LogP contribution in [-0.4, -0.2) is 9.97 Å². The van der Waals surface area contributed by atoms with Crippen LogP contribution < -0.4 is 0 Å². The average Bonchev–Trinajstić information content (AvgIpc) is 2.04. The molecule has 2 nitrogen and oxygen atoms in total. The van der Waals surface area contributed by atoms with E-state index in [1.807, 2.05) is 18.2 Å². The van der Waals surface area contributed by atoms with E-state index in [-0.39, 0.29) is 0 Å². The van der Waals surface area contributed by atoms with Gasteiger partial charge in [0.1, 0.15) is 3.70 Å². The Morgan fingerprint density at radius 1 is 1.42 bits per heavy atom. The lowest BCUT2D eigenvalue weighted by Gasteiger charge is -1.99. The molecule has 2 aromatic rings. The highest BCUT2D eigenvalue weighted by molar-refractivity contribution is 14.1. The molecule has 0 saturated carbocycles. The van der Waals surface area contributed by atoms with Crippen LogP contribution in [0, 0.1) is 10.6 Å². The van der Waals surface area contributed by atoms with Crippen molar-refractivity contribution in [3.8, 4) is 0 Å². The molecule has 0 fully saturated rings. The van der Waals surface area contributed by atoms with E-state index < -0.39 is 0 Å². The van der Waals surface area contributed by atoms with E-state index in [9.17, 15) is 0 Å². The fraction of sp³-hybridized carbons (Fsp3) is 0.111. The Morgan fingerprint density at radius 3 is 3.08 bits per heavy atom. The van der Waals surface area contributed by atoms with E-state index in [1.54, 1.807) is 6.20 Å². The SMILES string of the molecule is Cc1cc(I)nc2cccnc12. The van der Waals surface area contributed by atoms with Crippen LogP contribution in [0.15, 0.2) is 24.4 Å². The summed E-state index contributed by atoms with van der Waals surface area (Å²) >= 11 is 2.21. The predicted molar refractivity (Wildman–Crippen MR) is 57.0 cm³/mol. The zero-order valence-corrected chi connectivity index (χ0v) is 8.74. The second-order valence-electron chi connectivity index (χ2n) is 2.63. The second-order valence-corrected chi connectivity index (χ2v) is 3.74. The molecule has 2 rings (SSSR count). The highest BCUT2D eigenvalue weighted by atomic mass is 127. The van der Waals surface area contributed by atoms with Gasteiger partial charge in [-0.3, -0.25) is 4.98 Å². The summed E-state index contributed by atoms with van der Waals surface area (Å²) in [5.41, 5.74) is 3.16. The quantitative estimate of drug-likeness (QED) is 0.543. The number of fused-ring (bicyclic) bond motifs is 1. The van der Waals surface area contributed by atoms with Crippen LogP contribution in [0.2, 0.25) is 0 Å². The summed E-state index contributed by atoms with van der Waals surface area (Å²) in [6.45, 7) is 2.05. The monoisotopic (exact) mass is 270 g/mol. The van der Waals surface area contributed by atoms with Crippen molar-refractivity contribution >= 4 is 33.6 Å². The number of hydrogen-bond donors (Lipinski definition) is 0. The van der Waals surface area contributed by atoms with Gasteiger partial charge < -0.3 is 0 Å². The molecular weight excluding hydrogens is 263 g/mol. The Morgan fingerprint density at radius 2 is 2.25 bits per heavy atom. The second kappa shape index (κ2) is 2.97. The first-order valence-corrected chi connectivity index (χ1v) is 4.73. The maximum absolute atomic E-state index is 4.36. The van der Waals surface area contributed by atoms with E-state index in [2.05, 4.69) is 39.5 Å². The number of pyridine rings is 2. The minimum Gasteiger partial charge on any atom is -0.254 e. The number of aromatic nitrogens is 2. The van der Waals surface area contributed by atoms with Gasteiger partial charge in [-0.1, -0.05) is 0 Å². The highest BCUT2D eigenvalue weighted by Crippen LogP contribution is 2.15. The molecule has 3 heteroatoms. The topological polar surface area (TPSA) is 25.8 Å². The van der Waals surface area contributed by atoms with Crippen LogP contribution in [0.25, 0.3) is 11.0 Å². The van der Waals surface area contributed by atoms with Crippen LogP contribution in [-0.2, 0) is 0 Å². The van der Waals surface area contributed by atoms with Gasteiger partial charge in [-0.05, 0) is 53.3 Å². The number of halogens is 1. The number of nitrogens with zero attached hydrogens (tertiary/aromatic N) is 2. The van der Waals surface area contributed by atoms with Crippen molar-refractivity contribution < 1.29 is 0 Å². The summed E-state index contributed by atoms with van der Waals surface area (Å²) < 4.78 is 1.02. The molecule has 0 spiro atoms. The largest absolute Gasteiger partial charge is 0.254 e. The molecule has 0 N–H and O–H groups in total. The van der Waals surface area contributed by atoms with Crippen molar-refractivity contribution in [2.45, 2.75) is 6.92 Å². The lowest BCUT2D eigenvalue weighted by Crippen LogP contribution is -1.88. The Kier molecular flexibility index (Phi) is 1.96. The van der Waals surface area contributed by atoms with Crippen molar-refractivity contribution in [1.82, 2.24) is 9.97 Å². The van der Waals surface area contributed by atoms with Gasteiger partial charge in [0.05, 0.1) is 11.0 Å². The van der Waals surface area contributed by atoms with Gasteiger partial charge in [-0.25, -0.2) is 4.98 Å². The molecule has 0 aliphatic rings. The summed E-state index contributed by atoms with van der Waals surface area (Å²) in [6.07, 6.45) is 1.80. The molecule has 0 radical (unpaired) electrons. The zero-order valence-electron chi connectivity index (χ0n) is 6.58. The van der Waals surface area contributed by atoms with E-state index >= 15 is 0 Å². The van der Waals surface area contributed by atoms with Crippen LogP contribution in [0.4, 0.5) is 0 Å².